The first-order chi connectivity index (χ1) is 12.6. The summed E-state index contributed by atoms with van der Waals surface area (Å²) in [7, 11) is 2.07. The third-order valence-corrected chi connectivity index (χ3v) is 4.77. The molecule has 5 heteroatoms. The fourth-order valence-electron chi connectivity index (χ4n) is 3.16. The minimum absolute atomic E-state index is 0.0516. The molecule has 1 heterocycles. The van der Waals surface area contributed by atoms with E-state index in [1.165, 1.54) is 0 Å². The number of hydrogen-bond donors (Lipinski definition) is 1. The molecule has 0 atom stereocenters. The van der Waals surface area contributed by atoms with Gasteiger partial charge in [0.25, 0.3) is 5.91 Å². The van der Waals surface area contributed by atoms with Crippen LogP contribution < -0.4 is 5.32 Å². The molecule has 1 fully saturated rings. The third-order valence-electron chi connectivity index (χ3n) is 4.77. The van der Waals surface area contributed by atoms with Gasteiger partial charge in [-0.3, -0.25) is 9.59 Å². The number of amides is 1. The number of nitrogens with zero attached hydrogens (tertiary/aromatic N) is 2. The van der Waals surface area contributed by atoms with Gasteiger partial charge in [0.15, 0.2) is 5.78 Å². The second kappa shape index (κ2) is 7.94. The molecule has 0 spiro atoms. The second-order valence-electron chi connectivity index (χ2n) is 6.67. The molecule has 0 aromatic heterocycles. The maximum atomic E-state index is 12.7. The number of carbonyl (C=O) groups excluding carboxylic acids is 2. The molecule has 0 aliphatic carbocycles. The summed E-state index contributed by atoms with van der Waals surface area (Å²) in [6.45, 7) is 1.87. The van der Waals surface area contributed by atoms with Gasteiger partial charge in [-0.25, -0.2) is 0 Å². The standard InChI is InChI=1S/C21H21N3O2/c1-24-11-9-16(10-12-24)20(25)18-3-2-4-19(13-18)23-21(26)17-7-5-15(14-22)6-8-17/h2-8,13,16H,9-12H2,1H3,(H,23,26). The number of piperidine rings is 1. The van der Waals surface area contributed by atoms with Crippen LogP contribution in [-0.4, -0.2) is 36.7 Å². The summed E-state index contributed by atoms with van der Waals surface area (Å²) in [5, 5.41) is 11.6. The Morgan fingerprint density at radius 3 is 2.42 bits per heavy atom. The average molecular weight is 347 g/mol. The zero-order valence-electron chi connectivity index (χ0n) is 14.7. The van der Waals surface area contributed by atoms with E-state index in [0.29, 0.717) is 22.4 Å². The highest BCUT2D eigenvalue weighted by Gasteiger charge is 2.24. The van der Waals surface area contributed by atoms with Crippen molar-refractivity contribution in [3.8, 4) is 6.07 Å². The third kappa shape index (κ3) is 4.16. The summed E-state index contributed by atoms with van der Waals surface area (Å²) in [5.41, 5.74) is 2.21. The molecule has 2 aromatic carbocycles. The van der Waals surface area contributed by atoms with Crippen molar-refractivity contribution >= 4 is 17.4 Å². The molecule has 1 N–H and O–H groups in total. The Hall–Kier alpha value is -2.97. The van der Waals surface area contributed by atoms with Crippen LogP contribution in [0.15, 0.2) is 48.5 Å². The molecule has 2 aromatic rings. The molecule has 1 aliphatic heterocycles. The lowest BCUT2D eigenvalue weighted by molar-refractivity contribution is 0.0856. The van der Waals surface area contributed by atoms with Crippen molar-refractivity contribution in [2.75, 3.05) is 25.5 Å². The van der Waals surface area contributed by atoms with Crippen molar-refractivity contribution in [1.29, 1.82) is 5.26 Å². The molecule has 3 rings (SSSR count). The zero-order chi connectivity index (χ0) is 18.5. The molecule has 1 aliphatic rings. The number of nitrogens with one attached hydrogen (secondary N) is 1. The molecule has 1 saturated heterocycles. The van der Waals surface area contributed by atoms with Gasteiger partial charge in [-0.15, -0.1) is 0 Å². The van der Waals surface area contributed by atoms with Gasteiger partial charge in [0.05, 0.1) is 11.6 Å². The lowest BCUT2D eigenvalue weighted by atomic mass is 9.89. The highest BCUT2D eigenvalue weighted by molar-refractivity contribution is 6.05. The molecule has 132 valence electrons. The monoisotopic (exact) mass is 347 g/mol. The van der Waals surface area contributed by atoms with Crippen LogP contribution in [0.4, 0.5) is 5.69 Å². The number of likely N-dealkylation sites (tertiary alicyclic amines) is 1. The number of hydrogen-bond acceptors (Lipinski definition) is 4. The Labute approximate surface area is 153 Å². The molecular weight excluding hydrogens is 326 g/mol. The molecule has 0 saturated carbocycles. The number of benzene rings is 2. The van der Waals surface area contributed by atoms with Crippen LogP contribution >= 0.6 is 0 Å². The van der Waals surface area contributed by atoms with Crippen LogP contribution in [0.2, 0.25) is 0 Å². The summed E-state index contributed by atoms with van der Waals surface area (Å²) in [6, 6.07) is 15.6. The fraction of sp³-hybridized carbons (Fsp3) is 0.286. The fourth-order valence-corrected chi connectivity index (χ4v) is 3.16. The quantitative estimate of drug-likeness (QED) is 0.861. The van der Waals surface area contributed by atoms with E-state index in [9.17, 15) is 9.59 Å². The van der Waals surface area contributed by atoms with Crippen LogP contribution in [0, 0.1) is 17.2 Å². The SMILES string of the molecule is CN1CCC(C(=O)c2cccc(NC(=O)c3ccc(C#N)cc3)c2)CC1. The van der Waals surface area contributed by atoms with Gasteiger partial charge in [0, 0.05) is 22.7 Å². The van der Waals surface area contributed by atoms with Crippen LogP contribution in [0.3, 0.4) is 0 Å². The van der Waals surface area contributed by atoms with E-state index >= 15 is 0 Å². The van der Waals surface area contributed by atoms with Crippen LogP contribution in [-0.2, 0) is 0 Å². The van der Waals surface area contributed by atoms with E-state index in [4.69, 9.17) is 5.26 Å². The van der Waals surface area contributed by atoms with Crippen molar-refractivity contribution in [1.82, 2.24) is 4.90 Å². The van der Waals surface area contributed by atoms with Crippen molar-refractivity contribution in [2.24, 2.45) is 5.92 Å². The van der Waals surface area contributed by atoms with Crippen LogP contribution in [0.25, 0.3) is 0 Å². The maximum absolute atomic E-state index is 12.7. The van der Waals surface area contributed by atoms with E-state index in [0.717, 1.165) is 25.9 Å². The van der Waals surface area contributed by atoms with Gasteiger partial charge in [-0.2, -0.15) is 5.26 Å². The number of ketones is 1. The first-order valence-corrected chi connectivity index (χ1v) is 8.71. The van der Waals surface area contributed by atoms with Gasteiger partial charge >= 0.3 is 0 Å². The summed E-state index contributed by atoms with van der Waals surface area (Å²) in [4.78, 5) is 27.3. The minimum atomic E-state index is -0.265. The Kier molecular flexibility index (Phi) is 5.45. The summed E-state index contributed by atoms with van der Waals surface area (Å²) >= 11 is 0. The van der Waals surface area contributed by atoms with Crippen molar-refractivity contribution < 1.29 is 9.59 Å². The Balaban J connectivity index is 1.69. The average Bonchev–Trinajstić information content (AvgIpc) is 2.68. The Morgan fingerprint density at radius 1 is 1.08 bits per heavy atom. The van der Waals surface area contributed by atoms with E-state index in [1.54, 1.807) is 48.5 Å². The normalized spacial score (nSPS) is 15.2. The van der Waals surface area contributed by atoms with Gasteiger partial charge in [-0.1, -0.05) is 12.1 Å². The highest BCUT2D eigenvalue weighted by Crippen LogP contribution is 2.22. The topological polar surface area (TPSA) is 73.2 Å². The Bertz CT molecular complexity index is 844. The van der Waals surface area contributed by atoms with E-state index < -0.39 is 0 Å². The lowest BCUT2D eigenvalue weighted by Crippen LogP contribution is -2.33. The number of rotatable bonds is 4. The van der Waals surface area contributed by atoms with Crippen molar-refractivity contribution in [2.45, 2.75) is 12.8 Å². The molecule has 26 heavy (non-hydrogen) atoms. The van der Waals surface area contributed by atoms with Crippen molar-refractivity contribution in [3.63, 3.8) is 0 Å². The maximum Gasteiger partial charge on any atom is 0.255 e. The molecular formula is C21H21N3O2. The van der Waals surface area contributed by atoms with Crippen molar-refractivity contribution in [3.05, 3.63) is 65.2 Å². The molecule has 0 unspecified atom stereocenters. The summed E-state index contributed by atoms with van der Waals surface area (Å²) in [6.07, 6.45) is 1.74. The van der Waals surface area contributed by atoms with Gasteiger partial charge in [-0.05, 0) is 69.4 Å². The van der Waals surface area contributed by atoms with Gasteiger partial charge < -0.3 is 10.2 Å². The smallest absolute Gasteiger partial charge is 0.255 e. The van der Waals surface area contributed by atoms with Gasteiger partial charge in [0.2, 0.25) is 0 Å². The zero-order valence-corrected chi connectivity index (χ0v) is 14.7. The predicted molar refractivity (Wildman–Crippen MR) is 100 cm³/mol. The minimum Gasteiger partial charge on any atom is -0.322 e. The first kappa shape index (κ1) is 17.8. The number of Topliss-reactive ketones (excluding diaryl/α,β-unsaturated/α-hetero) is 1. The molecule has 0 radical (unpaired) electrons. The lowest BCUT2D eigenvalue weighted by Gasteiger charge is -2.28. The van der Waals surface area contributed by atoms with E-state index in [1.807, 2.05) is 6.07 Å². The van der Waals surface area contributed by atoms with Crippen LogP contribution in [0.1, 0.15) is 39.1 Å². The predicted octanol–water partition coefficient (Wildman–Crippen LogP) is 3.34. The summed E-state index contributed by atoms with van der Waals surface area (Å²) in [5.74, 6) is -0.0679. The van der Waals surface area contributed by atoms with E-state index in [2.05, 4.69) is 17.3 Å². The van der Waals surface area contributed by atoms with Crippen LogP contribution in [0.5, 0.6) is 0 Å². The largest absolute Gasteiger partial charge is 0.322 e. The second-order valence-corrected chi connectivity index (χ2v) is 6.67. The number of nitriles is 1. The summed E-state index contributed by atoms with van der Waals surface area (Å²) < 4.78 is 0. The highest BCUT2D eigenvalue weighted by atomic mass is 16.1. The number of carbonyl (C=O) groups is 2. The molecule has 0 bridgehead atoms. The van der Waals surface area contributed by atoms with Gasteiger partial charge in [0.1, 0.15) is 0 Å². The molecule has 5 nitrogen and oxygen atoms in total. The first-order valence-electron chi connectivity index (χ1n) is 8.71. The number of anilines is 1. The Morgan fingerprint density at radius 2 is 1.77 bits per heavy atom. The molecule has 1 amide bonds. The van der Waals surface area contributed by atoms with E-state index in [-0.39, 0.29) is 17.6 Å².